The zero-order valence-electron chi connectivity index (χ0n) is 32.3. The molecular weight excluding hydrogens is 727 g/mol. The molecule has 5 aromatic carbocycles. The van der Waals surface area contributed by atoms with E-state index in [1.807, 2.05) is 139 Å². The summed E-state index contributed by atoms with van der Waals surface area (Å²) in [6, 6.07) is 42.5. The molecule has 6 aliphatic heterocycles. The van der Waals surface area contributed by atoms with Crippen LogP contribution in [0.15, 0.2) is 140 Å². The zero-order chi connectivity index (χ0) is 39.5. The van der Waals surface area contributed by atoms with E-state index in [1.54, 1.807) is 0 Å². The minimum absolute atomic E-state index is 0.121. The van der Waals surface area contributed by atoms with Gasteiger partial charge in [-0.1, -0.05) is 115 Å². The first-order chi connectivity index (χ1) is 28.4. The lowest BCUT2D eigenvalue weighted by molar-refractivity contribution is -0.168. The molecule has 290 valence electrons. The molecule has 2 amide bonds. The van der Waals surface area contributed by atoms with Gasteiger partial charge < -0.3 is 19.3 Å². The van der Waals surface area contributed by atoms with E-state index in [2.05, 4.69) is 29.2 Å². The van der Waals surface area contributed by atoms with Crippen molar-refractivity contribution in [3.05, 3.63) is 178 Å². The second-order valence-electron chi connectivity index (χ2n) is 16.5. The summed E-state index contributed by atoms with van der Waals surface area (Å²) in [5.41, 5.74) is 3.01. The Labute approximate surface area is 337 Å². The third-order valence-corrected chi connectivity index (χ3v) is 14.4. The smallest absolute Gasteiger partial charge is 0.327 e. The van der Waals surface area contributed by atoms with Crippen LogP contribution >= 0.6 is 0 Å². The molecule has 9 heteroatoms. The van der Waals surface area contributed by atoms with Gasteiger partial charge in [-0.15, -0.1) is 0 Å². The van der Waals surface area contributed by atoms with Crippen molar-refractivity contribution in [2.24, 2.45) is 23.7 Å². The first-order valence-electron chi connectivity index (χ1n) is 20.5. The summed E-state index contributed by atoms with van der Waals surface area (Å²) in [6.07, 6.45) is 0. The van der Waals surface area contributed by atoms with Gasteiger partial charge in [-0.2, -0.15) is 0 Å². The molecule has 58 heavy (non-hydrogen) atoms. The fourth-order valence-corrected chi connectivity index (χ4v) is 13.1. The van der Waals surface area contributed by atoms with Gasteiger partial charge in [0, 0.05) is 41.3 Å². The topological polar surface area (TPSA) is 96.5 Å². The maximum absolute atomic E-state index is 15.9. The molecule has 0 radical (unpaired) electrons. The molecule has 9 nitrogen and oxygen atoms in total. The molecule has 5 aromatic rings. The standard InChI is InChI=1S/C49H43N3O6/c1-3-57-46(55)48-36-38(42-34-26-16-14-24-32(34)40(36)51(42)44(53)30-20-10-6-11-21-30)49(47(56)58-4-2,50(48)28-29-18-8-5-9-19-29)39-37(48)41-33-25-15-17-27-35(33)43(39)52(41)45(54)31-22-12-7-13-23-31/h5-27,36-43H,3-4,28H2,1-2H3/t36-,37+,38+,39-,40+,41-,42-,43+,48?,49?. The van der Waals surface area contributed by atoms with E-state index in [4.69, 9.17) is 9.47 Å². The molecule has 4 saturated heterocycles. The van der Waals surface area contributed by atoms with Crippen LogP contribution in [0.25, 0.3) is 0 Å². The van der Waals surface area contributed by atoms with E-state index in [9.17, 15) is 0 Å². The fraction of sp³-hybridized carbons (Fsp3) is 0.306. The average molecular weight is 770 g/mol. The number of ether oxygens (including phenoxy) is 2. The molecule has 6 heterocycles. The summed E-state index contributed by atoms with van der Waals surface area (Å²) in [4.78, 5) is 68.1. The van der Waals surface area contributed by atoms with Gasteiger partial charge in [0.15, 0.2) is 0 Å². The van der Waals surface area contributed by atoms with E-state index >= 15 is 19.2 Å². The third-order valence-electron chi connectivity index (χ3n) is 14.4. The van der Waals surface area contributed by atoms with Crippen molar-refractivity contribution in [3.8, 4) is 0 Å². The number of nitrogens with zero attached hydrogens (tertiary/aromatic N) is 3. The predicted octanol–water partition coefficient (Wildman–Crippen LogP) is 7.49. The molecule has 4 fully saturated rings. The van der Waals surface area contributed by atoms with Gasteiger partial charge in [0.25, 0.3) is 11.8 Å². The van der Waals surface area contributed by atoms with Crippen molar-refractivity contribution in [2.45, 2.75) is 55.6 Å². The molecular formula is C49H43N3O6. The van der Waals surface area contributed by atoms with Crippen LogP contribution in [0.3, 0.4) is 0 Å². The monoisotopic (exact) mass is 769 g/mol. The van der Waals surface area contributed by atoms with Gasteiger partial charge in [-0.3, -0.25) is 24.1 Å². The molecule has 10 atom stereocenters. The summed E-state index contributed by atoms with van der Waals surface area (Å²) < 4.78 is 12.7. The quantitative estimate of drug-likeness (QED) is 0.151. The van der Waals surface area contributed by atoms with Gasteiger partial charge in [0.1, 0.15) is 11.1 Å². The summed E-state index contributed by atoms with van der Waals surface area (Å²) in [5.74, 6) is -3.44. The van der Waals surface area contributed by atoms with Crippen LogP contribution in [0.2, 0.25) is 0 Å². The summed E-state index contributed by atoms with van der Waals surface area (Å²) in [5, 5.41) is 0. The zero-order valence-corrected chi connectivity index (χ0v) is 32.3. The maximum Gasteiger partial charge on any atom is 0.327 e. The van der Waals surface area contributed by atoms with E-state index in [1.165, 1.54) is 0 Å². The molecule has 6 aliphatic rings. The Morgan fingerprint density at radius 1 is 0.466 bits per heavy atom. The van der Waals surface area contributed by atoms with Crippen molar-refractivity contribution >= 4 is 23.8 Å². The molecule has 0 spiro atoms. The first kappa shape index (κ1) is 35.1. The predicted molar refractivity (Wildman–Crippen MR) is 214 cm³/mol. The van der Waals surface area contributed by atoms with Crippen LogP contribution in [-0.4, -0.2) is 62.7 Å². The second kappa shape index (κ2) is 12.7. The minimum Gasteiger partial charge on any atom is -0.465 e. The molecule has 0 aliphatic carbocycles. The highest BCUT2D eigenvalue weighted by Crippen LogP contribution is 2.84. The largest absolute Gasteiger partial charge is 0.465 e. The van der Waals surface area contributed by atoms with Crippen LogP contribution in [0, 0.1) is 23.7 Å². The number of amides is 2. The molecule has 11 rings (SSSR count). The summed E-state index contributed by atoms with van der Waals surface area (Å²) >= 11 is 0. The van der Waals surface area contributed by atoms with Gasteiger partial charge in [0.05, 0.1) is 37.4 Å². The third kappa shape index (κ3) is 4.14. The van der Waals surface area contributed by atoms with E-state index in [0.29, 0.717) is 11.1 Å². The Bertz CT molecular complexity index is 2260. The maximum atomic E-state index is 15.9. The second-order valence-corrected chi connectivity index (χ2v) is 16.5. The van der Waals surface area contributed by atoms with E-state index < -0.39 is 70.9 Å². The molecule has 0 N–H and O–H groups in total. The van der Waals surface area contributed by atoms with Crippen LogP contribution in [-0.2, 0) is 25.6 Å². The Balaban J connectivity index is 1.23. The number of carbonyl (C=O) groups is 4. The highest BCUT2D eigenvalue weighted by atomic mass is 16.5. The summed E-state index contributed by atoms with van der Waals surface area (Å²) in [7, 11) is 0. The van der Waals surface area contributed by atoms with Crippen molar-refractivity contribution < 1.29 is 28.7 Å². The highest BCUT2D eigenvalue weighted by molar-refractivity contribution is 6.00. The Kier molecular flexibility index (Phi) is 7.70. The van der Waals surface area contributed by atoms with Crippen LogP contribution < -0.4 is 0 Å². The highest BCUT2D eigenvalue weighted by Gasteiger charge is 2.93. The lowest BCUT2D eigenvalue weighted by Crippen LogP contribution is -2.61. The molecule has 0 saturated carbocycles. The van der Waals surface area contributed by atoms with E-state index in [0.717, 1.165) is 27.8 Å². The van der Waals surface area contributed by atoms with Gasteiger partial charge in [0.2, 0.25) is 0 Å². The lowest BCUT2D eigenvalue weighted by Gasteiger charge is -2.49. The van der Waals surface area contributed by atoms with Gasteiger partial charge in [-0.05, 0) is 65.9 Å². The number of fused-ring (bicyclic) bond motifs is 22. The molecule has 0 aromatic heterocycles. The number of esters is 2. The van der Waals surface area contributed by atoms with Crippen molar-refractivity contribution in [3.63, 3.8) is 0 Å². The molecule has 6 bridgehead atoms. The van der Waals surface area contributed by atoms with Crippen LogP contribution in [0.1, 0.15) is 86.5 Å². The first-order valence-corrected chi connectivity index (χ1v) is 20.5. The summed E-state index contributed by atoms with van der Waals surface area (Å²) in [6.45, 7) is 4.14. The van der Waals surface area contributed by atoms with Crippen LogP contribution in [0.5, 0.6) is 0 Å². The Morgan fingerprint density at radius 2 is 0.776 bits per heavy atom. The lowest BCUT2D eigenvalue weighted by atomic mass is 9.49. The Hall–Kier alpha value is -6.06. The SMILES string of the molecule is CCOC(=O)C12[C@@H]3[C@@H]([C@H]4c5ccccc5[C@@H]3N4C(=O)c3ccccc3)C(C(=O)OCC)([C@@H]3[C@H]1[C@H]1c4ccccc4[C@@H]3N1C(=O)c1ccccc1)N2Cc1ccccc1. The van der Waals surface area contributed by atoms with Gasteiger partial charge >= 0.3 is 11.9 Å². The van der Waals surface area contributed by atoms with Crippen LogP contribution in [0.4, 0.5) is 0 Å². The number of rotatable bonds is 8. The average Bonchev–Trinajstić information content (AvgIpc) is 4.08. The molecule has 2 unspecified atom stereocenters. The van der Waals surface area contributed by atoms with Crippen molar-refractivity contribution in [1.29, 1.82) is 0 Å². The Morgan fingerprint density at radius 3 is 1.10 bits per heavy atom. The number of hydrogen-bond donors (Lipinski definition) is 0. The van der Waals surface area contributed by atoms with Gasteiger partial charge in [-0.25, -0.2) is 0 Å². The van der Waals surface area contributed by atoms with Crippen molar-refractivity contribution in [1.82, 2.24) is 14.7 Å². The minimum atomic E-state index is -1.46. The number of benzene rings is 5. The van der Waals surface area contributed by atoms with E-state index in [-0.39, 0.29) is 31.6 Å². The number of carbonyl (C=O) groups excluding carboxylic acids is 4. The van der Waals surface area contributed by atoms with Crippen molar-refractivity contribution in [2.75, 3.05) is 13.2 Å². The number of hydrogen-bond acceptors (Lipinski definition) is 7. The fourth-order valence-electron chi connectivity index (χ4n) is 13.1. The normalized spacial score (nSPS) is 31.4.